The molecule has 5 nitrogen and oxygen atoms in total. The molecular weight excluding hydrogens is 298 g/mol. The zero-order valence-corrected chi connectivity index (χ0v) is 13.2. The number of carbonyl (C=O) groups is 1. The second-order valence-electron chi connectivity index (χ2n) is 5.61. The molecule has 1 unspecified atom stereocenters. The van der Waals surface area contributed by atoms with Crippen LogP contribution in [0.2, 0.25) is 0 Å². The summed E-state index contributed by atoms with van der Waals surface area (Å²) in [5.74, 6) is 0.361. The Labute approximate surface area is 133 Å². The molecule has 0 bridgehead atoms. The number of rotatable bonds is 5. The summed E-state index contributed by atoms with van der Waals surface area (Å²) in [7, 11) is 1.69. The molecule has 116 valence electrons. The highest BCUT2D eigenvalue weighted by atomic mass is 32.1. The molecule has 0 spiro atoms. The first-order valence-corrected chi connectivity index (χ1v) is 8.16. The minimum atomic E-state index is -0.424. The van der Waals surface area contributed by atoms with Crippen molar-refractivity contribution in [3.8, 4) is 10.4 Å². The number of benzene rings is 1. The lowest BCUT2D eigenvalue weighted by Crippen LogP contribution is -2.37. The van der Waals surface area contributed by atoms with Gasteiger partial charge in [-0.25, -0.2) is 9.78 Å². The molecule has 1 saturated carbocycles. The van der Waals surface area contributed by atoms with Gasteiger partial charge in [0.2, 0.25) is 0 Å². The molecule has 2 aromatic rings. The normalized spacial score (nSPS) is 15.4. The highest BCUT2D eigenvalue weighted by Crippen LogP contribution is 2.33. The lowest BCUT2D eigenvalue weighted by molar-refractivity contribution is 0.117. The lowest BCUT2D eigenvalue weighted by Gasteiger charge is -2.20. The van der Waals surface area contributed by atoms with E-state index in [4.69, 9.17) is 0 Å². The van der Waals surface area contributed by atoms with Crippen LogP contribution in [0.25, 0.3) is 10.4 Å². The third kappa shape index (κ3) is 3.64. The summed E-state index contributed by atoms with van der Waals surface area (Å²) in [4.78, 5) is 18.9. The number of nitrogens with one attached hydrogen (secondary N) is 1. The molecule has 1 aromatic carbocycles. The van der Waals surface area contributed by atoms with Gasteiger partial charge in [0.25, 0.3) is 0 Å². The summed E-state index contributed by atoms with van der Waals surface area (Å²) in [6.45, 7) is 0.355. The SMILES string of the molecule is CN(CC(O)C1CC1)C(=O)Nc1ncc(-c2ccccc2)s1. The topological polar surface area (TPSA) is 65.5 Å². The summed E-state index contributed by atoms with van der Waals surface area (Å²) in [5.41, 5.74) is 1.08. The second-order valence-corrected chi connectivity index (χ2v) is 6.64. The molecule has 0 radical (unpaired) electrons. The number of anilines is 1. The summed E-state index contributed by atoms with van der Waals surface area (Å²) in [6, 6.07) is 9.69. The molecule has 1 aromatic heterocycles. The first-order chi connectivity index (χ1) is 10.6. The number of amides is 2. The molecule has 22 heavy (non-hydrogen) atoms. The standard InChI is InChI=1S/C16H19N3O2S/c1-19(10-13(20)11-7-8-11)16(21)18-15-17-9-14(22-15)12-5-3-2-4-6-12/h2-6,9,11,13,20H,7-8,10H2,1H3,(H,17,18,21). The summed E-state index contributed by atoms with van der Waals surface area (Å²) in [6.07, 6.45) is 3.45. The van der Waals surface area contributed by atoms with E-state index in [1.165, 1.54) is 16.2 Å². The summed E-state index contributed by atoms with van der Waals surface area (Å²) >= 11 is 1.44. The van der Waals surface area contributed by atoms with E-state index in [9.17, 15) is 9.90 Å². The van der Waals surface area contributed by atoms with Gasteiger partial charge in [0.1, 0.15) is 0 Å². The predicted molar refractivity (Wildman–Crippen MR) is 87.9 cm³/mol. The predicted octanol–water partition coefficient (Wildman–Crippen LogP) is 3.04. The van der Waals surface area contributed by atoms with Crippen LogP contribution in [0.3, 0.4) is 0 Å². The highest BCUT2D eigenvalue weighted by Gasteiger charge is 2.31. The molecule has 1 aliphatic carbocycles. The van der Waals surface area contributed by atoms with Gasteiger partial charge in [-0.1, -0.05) is 41.7 Å². The molecule has 1 atom stereocenters. The first kappa shape index (κ1) is 15.0. The van der Waals surface area contributed by atoms with Crippen molar-refractivity contribution >= 4 is 22.5 Å². The van der Waals surface area contributed by atoms with Gasteiger partial charge in [0.15, 0.2) is 5.13 Å². The van der Waals surface area contributed by atoms with Crippen molar-refractivity contribution in [1.82, 2.24) is 9.88 Å². The average Bonchev–Trinajstić information content (AvgIpc) is 3.28. The van der Waals surface area contributed by atoms with Gasteiger partial charge in [-0.05, 0) is 24.3 Å². The van der Waals surface area contributed by atoms with Crippen molar-refractivity contribution in [3.63, 3.8) is 0 Å². The van der Waals surface area contributed by atoms with Gasteiger partial charge in [-0.3, -0.25) is 5.32 Å². The summed E-state index contributed by atoms with van der Waals surface area (Å²) in [5, 5.41) is 13.2. The number of carbonyl (C=O) groups excluding carboxylic acids is 1. The van der Waals surface area contributed by atoms with Crippen LogP contribution in [0.1, 0.15) is 12.8 Å². The van der Waals surface area contributed by atoms with E-state index in [1.807, 2.05) is 30.3 Å². The van der Waals surface area contributed by atoms with Crippen LogP contribution in [-0.4, -0.2) is 40.7 Å². The third-order valence-corrected chi connectivity index (χ3v) is 4.71. The maximum Gasteiger partial charge on any atom is 0.323 e. The van der Waals surface area contributed by atoms with Gasteiger partial charge in [0.05, 0.1) is 11.0 Å². The summed E-state index contributed by atoms with van der Waals surface area (Å²) < 4.78 is 0. The van der Waals surface area contributed by atoms with Crippen LogP contribution in [0.5, 0.6) is 0 Å². The Morgan fingerprint density at radius 3 is 2.86 bits per heavy atom. The Hall–Kier alpha value is -1.92. The lowest BCUT2D eigenvalue weighted by atomic mass is 10.2. The van der Waals surface area contributed by atoms with Gasteiger partial charge in [0, 0.05) is 19.8 Å². The molecule has 0 aliphatic heterocycles. The van der Waals surface area contributed by atoms with E-state index in [1.54, 1.807) is 13.2 Å². The van der Waals surface area contributed by atoms with E-state index in [-0.39, 0.29) is 6.03 Å². The van der Waals surface area contributed by atoms with Gasteiger partial charge in [-0.15, -0.1) is 0 Å². The monoisotopic (exact) mass is 317 g/mol. The number of nitrogens with zero attached hydrogens (tertiary/aromatic N) is 2. The van der Waals surface area contributed by atoms with Crippen molar-refractivity contribution in [2.45, 2.75) is 18.9 Å². The number of urea groups is 1. The van der Waals surface area contributed by atoms with Crippen LogP contribution in [-0.2, 0) is 0 Å². The Morgan fingerprint density at radius 2 is 2.18 bits per heavy atom. The quantitative estimate of drug-likeness (QED) is 0.891. The second kappa shape index (κ2) is 6.46. The molecule has 2 N–H and O–H groups in total. The number of aromatic nitrogens is 1. The maximum absolute atomic E-state index is 12.1. The number of aliphatic hydroxyl groups excluding tert-OH is 1. The largest absolute Gasteiger partial charge is 0.391 e. The molecule has 2 amide bonds. The van der Waals surface area contributed by atoms with Crippen molar-refractivity contribution in [2.75, 3.05) is 18.9 Å². The minimum absolute atomic E-state index is 0.242. The van der Waals surface area contributed by atoms with E-state index >= 15 is 0 Å². The van der Waals surface area contributed by atoms with E-state index in [0.717, 1.165) is 23.3 Å². The Kier molecular flexibility index (Phi) is 4.40. The van der Waals surface area contributed by atoms with E-state index < -0.39 is 6.10 Å². The van der Waals surface area contributed by atoms with Crippen LogP contribution in [0.15, 0.2) is 36.5 Å². The fourth-order valence-corrected chi connectivity index (χ4v) is 3.06. The molecule has 6 heteroatoms. The van der Waals surface area contributed by atoms with Gasteiger partial charge < -0.3 is 10.0 Å². The molecule has 1 fully saturated rings. The smallest absolute Gasteiger partial charge is 0.323 e. The first-order valence-electron chi connectivity index (χ1n) is 7.35. The Balaban J connectivity index is 1.58. The fourth-order valence-electron chi connectivity index (χ4n) is 2.25. The average molecular weight is 317 g/mol. The minimum Gasteiger partial charge on any atom is -0.391 e. The Morgan fingerprint density at radius 1 is 1.45 bits per heavy atom. The van der Waals surface area contributed by atoms with Crippen LogP contribution in [0.4, 0.5) is 9.93 Å². The number of aliphatic hydroxyl groups is 1. The zero-order chi connectivity index (χ0) is 15.5. The van der Waals surface area contributed by atoms with Crippen LogP contribution >= 0.6 is 11.3 Å². The highest BCUT2D eigenvalue weighted by molar-refractivity contribution is 7.19. The van der Waals surface area contributed by atoms with Crippen LogP contribution in [0, 0.1) is 5.92 Å². The number of thiazole rings is 1. The van der Waals surface area contributed by atoms with E-state index in [2.05, 4.69) is 10.3 Å². The van der Waals surface area contributed by atoms with Crippen molar-refractivity contribution < 1.29 is 9.90 Å². The van der Waals surface area contributed by atoms with Gasteiger partial charge >= 0.3 is 6.03 Å². The number of likely N-dealkylation sites (N-methyl/N-ethyl adjacent to an activating group) is 1. The molecule has 1 aliphatic rings. The van der Waals surface area contributed by atoms with Crippen LogP contribution < -0.4 is 5.32 Å². The third-order valence-electron chi connectivity index (χ3n) is 3.75. The van der Waals surface area contributed by atoms with Crippen molar-refractivity contribution in [1.29, 1.82) is 0 Å². The number of hydrogen-bond donors (Lipinski definition) is 2. The maximum atomic E-state index is 12.1. The molecule has 1 heterocycles. The van der Waals surface area contributed by atoms with Crippen molar-refractivity contribution in [2.24, 2.45) is 5.92 Å². The van der Waals surface area contributed by atoms with Gasteiger partial charge in [-0.2, -0.15) is 0 Å². The fraction of sp³-hybridized carbons (Fsp3) is 0.375. The van der Waals surface area contributed by atoms with E-state index in [0.29, 0.717) is 17.6 Å². The Bertz CT molecular complexity index is 640. The molecular formula is C16H19N3O2S. The molecule has 3 rings (SSSR count). The zero-order valence-electron chi connectivity index (χ0n) is 12.4. The van der Waals surface area contributed by atoms with Crippen molar-refractivity contribution in [3.05, 3.63) is 36.5 Å². The number of hydrogen-bond acceptors (Lipinski definition) is 4. The molecule has 0 saturated heterocycles.